The lowest BCUT2D eigenvalue weighted by molar-refractivity contribution is 0.0998. The quantitative estimate of drug-likeness (QED) is 0.565. The summed E-state index contributed by atoms with van der Waals surface area (Å²) in [6, 6.07) is 4.49. The highest BCUT2D eigenvalue weighted by molar-refractivity contribution is 6.35. The van der Waals surface area contributed by atoms with E-state index in [1.807, 2.05) is 0 Å². The first kappa shape index (κ1) is 7.74. The number of hydrogen-bond acceptors (Lipinski definition) is 1. The van der Waals surface area contributed by atoms with Crippen LogP contribution in [0.15, 0.2) is 18.2 Å². The molecule has 1 aromatic rings. The van der Waals surface area contributed by atoms with E-state index in [1.165, 1.54) is 12.1 Å². The largest absolute Gasteiger partial charge is 0.292 e. The van der Waals surface area contributed by atoms with Crippen LogP contribution in [0.2, 0.25) is 0 Å². The number of hydrogen-bond donors (Lipinski definition) is 0. The molecule has 1 unspecified atom stereocenters. The average molecular weight is 185 g/mol. The van der Waals surface area contributed by atoms with Gasteiger partial charge in [0.15, 0.2) is 5.78 Å². The second-order valence-electron chi connectivity index (χ2n) is 2.80. The predicted octanol–water partition coefficient (Wildman–Crippen LogP) is 2.17. The Hall–Kier alpha value is -0.890. The van der Waals surface area contributed by atoms with Crippen molar-refractivity contribution in [3.63, 3.8) is 0 Å². The lowest BCUT2D eigenvalue weighted by Gasteiger charge is -1.95. The number of Topliss-reactive ketones (excluding diaryl/α,β-unsaturated/α-hetero) is 1. The van der Waals surface area contributed by atoms with Crippen molar-refractivity contribution < 1.29 is 9.18 Å². The molecule has 0 saturated heterocycles. The van der Waals surface area contributed by atoms with Gasteiger partial charge in [-0.25, -0.2) is 4.39 Å². The molecular weight excluding hydrogens is 179 g/mol. The summed E-state index contributed by atoms with van der Waals surface area (Å²) in [5, 5.41) is -0.572. The van der Waals surface area contributed by atoms with Gasteiger partial charge in [0.25, 0.3) is 0 Å². The molecule has 1 aliphatic rings. The Labute approximate surface area is 74.2 Å². The van der Waals surface area contributed by atoms with Crippen LogP contribution >= 0.6 is 11.6 Å². The lowest BCUT2D eigenvalue weighted by Crippen LogP contribution is -2.06. The van der Waals surface area contributed by atoms with Gasteiger partial charge in [-0.3, -0.25) is 4.79 Å². The molecule has 1 atom stereocenters. The molecule has 1 aromatic carbocycles. The van der Waals surface area contributed by atoms with Gasteiger partial charge in [-0.2, -0.15) is 0 Å². The molecule has 0 radical (unpaired) electrons. The van der Waals surface area contributed by atoms with E-state index in [4.69, 9.17) is 11.6 Å². The van der Waals surface area contributed by atoms with Crippen LogP contribution in [0.3, 0.4) is 0 Å². The molecule has 0 bridgehead atoms. The third-order valence-corrected chi connectivity index (χ3v) is 2.40. The first-order valence-corrected chi connectivity index (χ1v) is 4.09. The Bertz CT molecular complexity index is 348. The zero-order valence-electron chi connectivity index (χ0n) is 6.18. The first-order valence-electron chi connectivity index (χ1n) is 3.66. The van der Waals surface area contributed by atoms with Crippen molar-refractivity contribution in [2.75, 3.05) is 0 Å². The minimum absolute atomic E-state index is 0.161. The highest BCUT2D eigenvalue weighted by atomic mass is 35.5. The van der Waals surface area contributed by atoms with Crippen molar-refractivity contribution in [2.24, 2.45) is 0 Å². The van der Waals surface area contributed by atoms with Crippen molar-refractivity contribution >= 4 is 17.4 Å². The highest BCUT2D eigenvalue weighted by Gasteiger charge is 2.30. The number of alkyl halides is 1. The molecule has 3 heteroatoms. The van der Waals surface area contributed by atoms with Crippen molar-refractivity contribution in [1.82, 2.24) is 0 Å². The van der Waals surface area contributed by atoms with Gasteiger partial charge >= 0.3 is 0 Å². The van der Waals surface area contributed by atoms with Crippen LogP contribution in [0.1, 0.15) is 15.9 Å². The van der Waals surface area contributed by atoms with Crippen LogP contribution in [0.4, 0.5) is 4.39 Å². The molecule has 0 N–H and O–H groups in total. The number of carbonyl (C=O) groups is 1. The topological polar surface area (TPSA) is 17.1 Å². The number of fused-ring (bicyclic) bond motifs is 1. The minimum atomic E-state index is -0.572. The fraction of sp³-hybridized carbons (Fsp3) is 0.222. The second kappa shape index (κ2) is 2.56. The van der Waals surface area contributed by atoms with Crippen LogP contribution in [0, 0.1) is 5.82 Å². The average Bonchev–Trinajstić information content (AvgIpc) is 2.32. The Morgan fingerprint density at radius 2 is 2.25 bits per heavy atom. The van der Waals surface area contributed by atoms with E-state index in [0.717, 1.165) is 0 Å². The van der Waals surface area contributed by atoms with E-state index in [-0.39, 0.29) is 11.6 Å². The molecule has 0 saturated carbocycles. The van der Waals surface area contributed by atoms with E-state index in [9.17, 15) is 9.18 Å². The molecule has 0 heterocycles. The van der Waals surface area contributed by atoms with Gasteiger partial charge < -0.3 is 0 Å². The Morgan fingerprint density at radius 3 is 2.92 bits per heavy atom. The Balaban J connectivity index is 2.61. The third-order valence-electron chi connectivity index (χ3n) is 2.05. The summed E-state index contributed by atoms with van der Waals surface area (Å²) in [7, 11) is 0. The third kappa shape index (κ3) is 0.950. The Morgan fingerprint density at radius 1 is 1.50 bits per heavy atom. The van der Waals surface area contributed by atoms with Gasteiger partial charge in [-0.05, 0) is 12.5 Å². The molecular formula is C9H6ClFO. The number of carbonyl (C=O) groups excluding carboxylic acids is 1. The van der Waals surface area contributed by atoms with Crippen LogP contribution in [-0.2, 0) is 6.42 Å². The lowest BCUT2D eigenvalue weighted by atomic mass is 10.1. The molecule has 62 valence electrons. The molecule has 0 aliphatic heterocycles. The Kier molecular flexibility index (Phi) is 1.65. The van der Waals surface area contributed by atoms with Gasteiger partial charge in [0.2, 0.25) is 0 Å². The summed E-state index contributed by atoms with van der Waals surface area (Å²) >= 11 is 5.68. The van der Waals surface area contributed by atoms with Crippen LogP contribution < -0.4 is 0 Å². The maximum Gasteiger partial charge on any atom is 0.181 e. The van der Waals surface area contributed by atoms with E-state index < -0.39 is 5.38 Å². The maximum atomic E-state index is 13.0. The normalized spacial score (nSPS) is 21.2. The molecule has 2 rings (SSSR count). The fourth-order valence-electron chi connectivity index (χ4n) is 1.44. The summed E-state index contributed by atoms with van der Waals surface area (Å²) in [5.74, 6) is -0.491. The van der Waals surface area contributed by atoms with E-state index >= 15 is 0 Å². The van der Waals surface area contributed by atoms with Gasteiger partial charge in [0, 0.05) is 11.1 Å². The second-order valence-corrected chi connectivity index (χ2v) is 3.33. The maximum absolute atomic E-state index is 13.0. The predicted molar refractivity (Wildman–Crippen MR) is 44.1 cm³/mol. The van der Waals surface area contributed by atoms with Crippen LogP contribution in [0.25, 0.3) is 0 Å². The van der Waals surface area contributed by atoms with Crippen molar-refractivity contribution in [3.05, 3.63) is 35.1 Å². The SMILES string of the molecule is O=C1c2cccc(F)c2CC1Cl. The first-order chi connectivity index (χ1) is 5.70. The summed E-state index contributed by atoms with van der Waals surface area (Å²) in [6.45, 7) is 0. The standard InChI is InChI=1S/C9H6ClFO/c10-7-4-6-5(9(7)12)2-1-3-8(6)11/h1-3,7H,4H2. The summed E-state index contributed by atoms with van der Waals surface area (Å²) in [4.78, 5) is 11.3. The summed E-state index contributed by atoms with van der Waals surface area (Å²) in [5.41, 5.74) is 0.900. The van der Waals surface area contributed by atoms with Crippen molar-refractivity contribution in [2.45, 2.75) is 11.8 Å². The number of rotatable bonds is 0. The van der Waals surface area contributed by atoms with Crippen LogP contribution in [-0.4, -0.2) is 11.2 Å². The molecule has 0 amide bonds. The van der Waals surface area contributed by atoms with Gasteiger partial charge in [-0.15, -0.1) is 11.6 Å². The van der Waals surface area contributed by atoms with Gasteiger partial charge in [0.05, 0.1) is 0 Å². The minimum Gasteiger partial charge on any atom is -0.292 e. The number of ketones is 1. The van der Waals surface area contributed by atoms with Gasteiger partial charge in [0.1, 0.15) is 11.2 Å². The molecule has 1 aliphatic carbocycles. The van der Waals surface area contributed by atoms with E-state index in [0.29, 0.717) is 17.5 Å². The molecule has 12 heavy (non-hydrogen) atoms. The number of benzene rings is 1. The smallest absolute Gasteiger partial charge is 0.181 e. The monoisotopic (exact) mass is 184 g/mol. The van der Waals surface area contributed by atoms with Crippen molar-refractivity contribution in [1.29, 1.82) is 0 Å². The summed E-state index contributed by atoms with van der Waals surface area (Å²) in [6.07, 6.45) is 0.322. The van der Waals surface area contributed by atoms with Gasteiger partial charge in [-0.1, -0.05) is 12.1 Å². The number of halogens is 2. The molecule has 0 spiro atoms. The molecule has 0 fully saturated rings. The van der Waals surface area contributed by atoms with E-state index in [2.05, 4.69) is 0 Å². The molecule has 1 nitrogen and oxygen atoms in total. The highest BCUT2D eigenvalue weighted by Crippen LogP contribution is 2.27. The zero-order chi connectivity index (χ0) is 8.72. The fourth-order valence-corrected chi connectivity index (χ4v) is 1.71. The van der Waals surface area contributed by atoms with Crippen LogP contribution in [0.5, 0.6) is 0 Å². The van der Waals surface area contributed by atoms with Crippen molar-refractivity contribution in [3.8, 4) is 0 Å². The zero-order valence-corrected chi connectivity index (χ0v) is 6.94. The molecule has 0 aromatic heterocycles. The van der Waals surface area contributed by atoms with E-state index in [1.54, 1.807) is 6.07 Å². The summed E-state index contributed by atoms with van der Waals surface area (Å²) < 4.78 is 13.0.